The Morgan fingerprint density at radius 2 is 2.18 bits per heavy atom. The lowest BCUT2D eigenvalue weighted by atomic mass is 10.1. The van der Waals surface area contributed by atoms with E-state index in [1.54, 1.807) is 0 Å². The van der Waals surface area contributed by atoms with Crippen molar-refractivity contribution in [2.24, 2.45) is 0 Å². The molecule has 0 saturated carbocycles. The molecule has 94 valence electrons. The topological polar surface area (TPSA) is 43.4 Å². The molecule has 0 aromatic carbocycles. The largest absolute Gasteiger partial charge is 0.474 e. The molecule has 1 aliphatic rings. The summed E-state index contributed by atoms with van der Waals surface area (Å²) in [6.45, 7) is 3.69. The van der Waals surface area contributed by atoms with Crippen molar-refractivity contribution >= 4 is 0 Å². The molecule has 1 aromatic rings. The summed E-state index contributed by atoms with van der Waals surface area (Å²) in [5.41, 5.74) is 1.17. The van der Waals surface area contributed by atoms with Crippen molar-refractivity contribution in [3.63, 3.8) is 0 Å². The molecule has 0 spiro atoms. The van der Waals surface area contributed by atoms with Crippen LogP contribution in [-0.2, 0) is 4.74 Å². The lowest BCUT2D eigenvalue weighted by molar-refractivity contribution is 0.0237. The van der Waals surface area contributed by atoms with E-state index in [4.69, 9.17) is 9.47 Å². The Morgan fingerprint density at radius 3 is 2.76 bits per heavy atom. The molecule has 4 nitrogen and oxygen atoms in total. The van der Waals surface area contributed by atoms with Crippen molar-refractivity contribution in [3.05, 3.63) is 23.9 Å². The predicted molar refractivity (Wildman–Crippen MR) is 66.2 cm³/mol. The molecular weight excluding hydrogens is 216 g/mol. The molecule has 1 N–H and O–H groups in total. The van der Waals surface area contributed by atoms with Crippen LogP contribution in [0.1, 0.15) is 31.4 Å². The smallest absolute Gasteiger partial charge is 0.213 e. The maximum absolute atomic E-state index is 5.81. The molecule has 1 atom stereocenters. The zero-order valence-corrected chi connectivity index (χ0v) is 10.5. The highest BCUT2D eigenvalue weighted by Crippen LogP contribution is 2.18. The Hall–Kier alpha value is -1.13. The first-order valence-electron chi connectivity index (χ1n) is 6.17. The monoisotopic (exact) mass is 236 g/mol. The Bertz CT molecular complexity index is 334. The maximum Gasteiger partial charge on any atom is 0.213 e. The van der Waals surface area contributed by atoms with Gasteiger partial charge >= 0.3 is 0 Å². The van der Waals surface area contributed by atoms with Gasteiger partial charge in [0.1, 0.15) is 6.10 Å². The van der Waals surface area contributed by atoms with Crippen LogP contribution in [0, 0.1) is 0 Å². The summed E-state index contributed by atoms with van der Waals surface area (Å²) in [7, 11) is 1.94. The van der Waals surface area contributed by atoms with Crippen LogP contribution < -0.4 is 10.1 Å². The molecule has 0 radical (unpaired) electrons. The molecule has 1 fully saturated rings. The third-order valence-corrected chi connectivity index (χ3v) is 3.15. The van der Waals surface area contributed by atoms with Crippen molar-refractivity contribution < 1.29 is 9.47 Å². The summed E-state index contributed by atoms with van der Waals surface area (Å²) < 4.78 is 11.1. The van der Waals surface area contributed by atoms with Crippen molar-refractivity contribution in [3.8, 4) is 5.88 Å². The number of hydrogen-bond donors (Lipinski definition) is 1. The number of hydrogen-bond acceptors (Lipinski definition) is 4. The normalized spacial score (nSPS) is 18.9. The van der Waals surface area contributed by atoms with E-state index < -0.39 is 0 Å². The standard InChI is InChI=1S/C13H20N2O2/c1-10(14-2)11-3-4-13(15-9-11)17-12-5-7-16-8-6-12/h3-4,9-10,12,14H,5-8H2,1-2H3. The van der Waals surface area contributed by atoms with Crippen molar-refractivity contribution in [2.75, 3.05) is 20.3 Å². The third-order valence-electron chi connectivity index (χ3n) is 3.15. The second kappa shape index (κ2) is 5.98. The highest BCUT2D eigenvalue weighted by molar-refractivity contribution is 5.20. The minimum atomic E-state index is 0.254. The molecule has 1 aromatic heterocycles. The van der Waals surface area contributed by atoms with Crippen LogP contribution in [0.5, 0.6) is 5.88 Å². The Kier molecular flexibility index (Phi) is 4.34. The van der Waals surface area contributed by atoms with E-state index in [1.807, 2.05) is 19.3 Å². The highest BCUT2D eigenvalue weighted by atomic mass is 16.5. The summed E-state index contributed by atoms with van der Waals surface area (Å²) in [6.07, 6.45) is 4.03. The maximum atomic E-state index is 5.81. The van der Waals surface area contributed by atoms with Crippen molar-refractivity contribution in [2.45, 2.75) is 31.9 Å². The fourth-order valence-corrected chi connectivity index (χ4v) is 1.85. The average Bonchev–Trinajstić information content (AvgIpc) is 2.40. The zero-order chi connectivity index (χ0) is 12.1. The van der Waals surface area contributed by atoms with E-state index in [2.05, 4.69) is 23.3 Å². The van der Waals surface area contributed by atoms with E-state index in [9.17, 15) is 0 Å². The van der Waals surface area contributed by atoms with Crippen LogP contribution in [0.3, 0.4) is 0 Å². The first kappa shape index (κ1) is 12.3. The number of aromatic nitrogens is 1. The molecule has 1 saturated heterocycles. The molecule has 0 amide bonds. The number of nitrogens with zero attached hydrogens (tertiary/aromatic N) is 1. The molecule has 0 aliphatic carbocycles. The lowest BCUT2D eigenvalue weighted by Gasteiger charge is -2.22. The number of ether oxygens (including phenoxy) is 2. The molecule has 1 aliphatic heterocycles. The second-order valence-corrected chi connectivity index (χ2v) is 4.37. The summed E-state index contributed by atoms with van der Waals surface area (Å²) in [5.74, 6) is 0.712. The summed E-state index contributed by atoms with van der Waals surface area (Å²) >= 11 is 0. The minimum absolute atomic E-state index is 0.254. The van der Waals surface area contributed by atoms with Crippen molar-refractivity contribution in [1.29, 1.82) is 0 Å². The SMILES string of the molecule is CNC(C)c1ccc(OC2CCOCC2)nc1. The third kappa shape index (κ3) is 3.41. The van der Waals surface area contributed by atoms with Gasteiger partial charge in [0.25, 0.3) is 0 Å². The zero-order valence-electron chi connectivity index (χ0n) is 10.5. The Balaban J connectivity index is 1.93. The van der Waals surface area contributed by atoms with Crippen LogP contribution >= 0.6 is 0 Å². The fourth-order valence-electron chi connectivity index (χ4n) is 1.85. The van der Waals surface area contributed by atoms with Gasteiger partial charge in [0.15, 0.2) is 0 Å². The number of pyridine rings is 1. The summed E-state index contributed by atoms with van der Waals surface area (Å²) in [4.78, 5) is 4.34. The van der Waals surface area contributed by atoms with Crippen LogP contribution in [-0.4, -0.2) is 31.3 Å². The summed E-state index contributed by atoms with van der Waals surface area (Å²) in [5, 5.41) is 3.18. The van der Waals surface area contributed by atoms with E-state index in [-0.39, 0.29) is 6.10 Å². The van der Waals surface area contributed by atoms with Gasteiger partial charge in [-0.25, -0.2) is 4.98 Å². The van der Waals surface area contributed by atoms with Crippen LogP contribution in [0.2, 0.25) is 0 Å². The second-order valence-electron chi connectivity index (χ2n) is 4.37. The Labute approximate surface area is 102 Å². The van der Waals surface area contributed by atoms with Gasteiger partial charge in [-0.05, 0) is 19.5 Å². The van der Waals surface area contributed by atoms with Gasteiger partial charge in [0.05, 0.1) is 13.2 Å². The van der Waals surface area contributed by atoms with E-state index >= 15 is 0 Å². The molecular formula is C13H20N2O2. The van der Waals surface area contributed by atoms with E-state index in [0.29, 0.717) is 11.9 Å². The van der Waals surface area contributed by atoms with Crippen LogP contribution in [0.25, 0.3) is 0 Å². The predicted octanol–water partition coefficient (Wildman–Crippen LogP) is 1.92. The highest BCUT2D eigenvalue weighted by Gasteiger charge is 2.15. The molecule has 17 heavy (non-hydrogen) atoms. The number of nitrogens with one attached hydrogen (secondary N) is 1. The van der Waals surface area contributed by atoms with Gasteiger partial charge in [-0.1, -0.05) is 6.07 Å². The fraction of sp³-hybridized carbons (Fsp3) is 0.615. The van der Waals surface area contributed by atoms with E-state index in [0.717, 1.165) is 26.1 Å². The van der Waals surface area contributed by atoms with Crippen molar-refractivity contribution in [1.82, 2.24) is 10.3 Å². The molecule has 1 unspecified atom stereocenters. The van der Waals surface area contributed by atoms with Crippen LogP contribution in [0.15, 0.2) is 18.3 Å². The minimum Gasteiger partial charge on any atom is -0.474 e. The van der Waals surface area contributed by atoms with E-state index in [1.165, 1.54) is 5.56 Å². The first-order chi connectivity index (χ1) is 8.29. The number of rotatable bonds is 4. The molecule has 2 rings (SSSR count). The average molecular weight is 236 g/mol. The Morgan fingerprint density at radius 1 is 1.41 bits per heavy atom. The van der Waals surface area contributed by atoms with Gasteiger partial charge in [-0.15, -0.1) is 0 Å². The molecule has 4 heteroatoms. The lowest BCUT2D eigenvalue weighted by Crippen LogP contribution is -2.26. The van der Waals surface area contributed by atoms with Crippen LogP contribution in [0.4, 0.5) is 0 Å². The first-order valence-corrected chi connectivity index (χ1v) is 6.17. The van der Waals surface area contributed by atoms with Gasteiger partial charge < -0.3 is 14.8 Å². The van der Waals surface area contributed by atoms with Gasteiger partial charge in [-0.3, -0.25) is 0 Å². The van der Waals surface area contributed by atoms with Gasteiger partial charge in [-0.2, -0.15) is 0 Å². The summed E-state index contributed by atoms with van der Waals surface area (Å²) in [6, 6.07) is 4.32. The van der Waals surface area contributed by atoms with Gasteiger partial charge in [0, 0.05) is 31.1 Å². The molecule has 0 bridgehead atoms. The quantitative estimate of drug-likeness (QED) is 0.867. The van der Waals surface area contributed by atoms with Gasteiger partial charge in [0.2, 0.25) is 5.88 Å². The molecule has 2 heterocycles.